The van der Waals surface area contributed by atoms with Crippen LogP contribution in [0.3, 0.4) is 0 Å². The maximum absolute atomic E-state index is 11.6. The van der Waals surface area contributed by atoms with E-state index in [-0.39, 0.29) is 11.0 Å². The van der Waals surface area contributed by atoms with Crippen LogP contribution in [-0.4, -0.2) is 11.0 Å². The van der Waals surface area contributed by atoms with E-state index in [1.807, 2.05) is 12.3 Å². The second-order valence-corrected chi connectivity index (χ2v) is 6.73. The first-order valence-corrected chi connectivity index (χ1v) is 9.17. The standard InChI is InChI=1S/C17H31NOS/c1-3-4-5-6-7-8-9-10-11-12-13-14-17(19)16(2)20-15-18/h16H,3-14H2,1-2H3. The van der Waals surface area contributed by atoms with Crippen molar-refractivity contribution in [1.82, 2.24) is 0 Å². The minimum Gasteiger partial charge on any atom is -0.298 e. The van der Waals surface area contributed by atoms with Crippen molar-refractivity contribution in [3.8, 4) is 5.40 Å². The van der Waals surface area contributed by atoms with Crippen LogP contribution in [0.4, 0.5) is 0 Å². The van der Waals surface area contributed by atoms with Gasteiger partial charge in [0.05, 0.1) is 5.25 Å². The van der Waals surface area contributed by atoms with Crippen LogP contribution in [0.5, 0.6) is 0 Å². The zero-order valence-electron chi connectivity index (χ0n) is 13.3. The molecule has 0 aliphatic heterocycles. The van der Waals surface area contributed by atoms with Gasteiger partial charge in [0, 0.05) is 6.42 Å². The molecule has 0 spiro atoms. The van der Waals surface area contributed by atoms with Crippen molar-refractivity contribution >= 4 is 17.5 Å². The number of nitrogens with zero attached hydrogens (tertiary/aromatic N) is 1. The lowest BCUT2D eigenvalue weighted by Gasteiger charge is -2.05. The summed E-state index contributed by atoms with van der Waals surface area (Å²) in [6.07, 6.45) is 15.0. The number of hydrogen-bond donors (Lipinski definition) is 0. The zero-order valence-corrected chi connectivity index (χ0v) is 14.1. The van der Waals surface area contributed by atoms with Crippen LogP contribution < -0.4 is 0 Å². The van der Waals surface area contributed by atoms with Crippen molar-refractivity contribution < 1.29 is 4.79 Å². The van der Waals surface area contributed by atoms with Gasteiger partial charge in [-0.05, 0) is 25.1 Å². The molecule has 0 fully saturated rings. The van der Waals surface area contributed by atoms with Gasteiger partial charge >= 0.3 is 0 Å². The van der Waals surface area contributed by atoms with E-state index >= 15 is 0 Å². The van der Waals surface area contributed by atoms with Gasteiger partial charge in [0.15, 0.2) is 0 Å². The van der Waals surface area contributed by atoms with Gasteiger partial charge < -0.3 is 0 Å². The fourth-order valence-corrected chi connectivity index (χ4v) is 2.72. The van der Waals surface area contributed by atoms with Gasteiger partial charge in [-0.15, -0.1) is 0 Å². The number of carbonyl (C=O) groups is 1. The van der Waals surface area contributed by atoms with Crippen LogP contribution >= 0.6 is 11.8 Å². The van der Waals surface area contributed by atoms with Crippen LogP contribution in [0, 0.1) is 10.7 Å². The van der Waals surface area contributed by atoms with Crippen LogP contribution in [0.15, 0.2) is 0 Å². The molecule has 0 aromatic carbocycles. The smallest absolute Gasteiger partial charge is 0.146 e. The Morgan fingerprint density at radius 3 is 1.85 bits per heavy atom. The number of hydrogen-bond acceptors (Lipinski definition) is 3. The summed E-state index contributed by atoms with van der Waals surface area (Å²) in [5, 5.41) is 10.3. The number of nitriles is 1. The molecule has 1 atom stereocenters. The predicted molar refractivity (Wildman–Crippen MR) is 88.8 cm³/mol. The molecule has 0 aliphatic carbocycles. The number of rotatable bonds is 14. The summed E-state index contributed by atoms with van der Waals surface area (Å²) in [7, 11) is 0. The summed E-state index contributed by atoms with van der Waals surface area (Å²) in [5.41, 5.74) is 0. The fourth-order valence-electron chi connectivity index (χ4n) is 2.31. The Balaban J connectivity index is 3.21. The van der Waals surface area contributed by atoms with Crippen molar-refractivity contribution in [2.75, 3.05) is 0 Å². The van der Waals surface area contributed by atoms with E-state index < -0.39 is 0 Å². The highest BCUT2D eigenvalue weighted by atomic mass is 32.2. The molecule has 0 rings (SSSR count). The molecule has 0 aromatic rings. The first-order valence-electron chi connectivity index (χ1n) is 8.29. The highest BCUT2D eigenvalue weighted by Crippen LogP contribution is 2.15. The summed E-state index contributed by atoms with van der Waals surface area (Å²) >= 11 is 1.08. The average molecular weight is 298 g/mol. The Bertz CT molecular complexity index is 273. The van der Waals surface area contributed by atoms with Crippen LogP contribution in [0.2, 0.25) is 0 Å². The molecule has 0 aromatic heterocycles. The van der Waals surface area contributed by atoms with Crippen LogP contribution in [0.1, 0.15) is 90.9 Å². The number of thiocyanates is 1. The minimum absolute atomic E-state index is 0.150. The van der Waals surface area contributed by atoms with Crippen LogP contribution in [-0.2, 0) is 4.79 Å². The van der Waals surface area contributed by atoms with E-state index in [1.165, 1.54) is 57.8 Å². The van der Waals surface area contributed by atoms with Gasteiger partial charge in [-0.25, -0.2) is 0 Å². The minimum atomic E-state index is -0.150. The molecule has 0 bridgehead atoms. The van der Waals surface area contributed by atoms with Crippen molar-refractivity contribution in [2.24, 2.45) is 0 Å². The molecular formula is C17H31NOS. The zero-order chi connectivity index (χ0) is 15.1. The Morgan fingerprint density at radius 1 is 0.950 bits per heavy atom. The maximum Gasteiger partial charge on any atom is 0.146 e. The van der Waals surface area contributed by atoms with E-state index in [0.29, 0.717) is 6.42 Å². The summed E-state index contributed by atoms with van der Waals surface area (Å²) in [6, 6.07) is 0. The van der Waals surface area contributed by atoms with E-state index in [2.05, 4.69) is 6.92 Å². The van der Waals surface area contributed by atoms with Crippen molar-refractivity contribution in [1.29, 1.82) is 5.26 Å². The summed E-state index contributed by atoms with van der Waals surface area (Å²) in [6.45, 7) is 4.08. The highest BCUT2D eigenvalue weighted by molar-refractivity contribution is 8.04. The summed E-state index contributed by atoms with van der Waals surface area (Å²) in [5.74, 6) is 0.229. The Kier molecular flexibility index (Phi) is 14.5. The Morgan fingerprint density at radius 2 is 1.40 bits per heavy atom. The lowest BCUT2D eigenvalue weighted by Crippen LogP contribution is -2.11. The first kappa shape index (κ1) is 19.5. The molecule has 0 saturated carbocycles. The monoisotopic (exact) mass is 297 g/mol. The van der Waals surface area contributed by atoms with Gasteiger partial charge in [-0.3, -0.25) is 4.79 Å². The number of Topliss-reactive ketones (excluding diaryl/α,β-unsaturated/α-hetero) is 1. The van der Waals surface area contributed by atoms with E-state index in [9.17, 15) is 4.79 Å². The largest absolute Gasteiger partial charge is 0.298 e. The van der Waals surface area contributed by atoms with E-state index in [1.54, 1.807) is 0 Å². The molecule has 0 amide bonds. The molecule has 1 unspecified atom stereocenters. The number of ketones is 1. The second kappa shape index (κ2) is 14.9. The third-order valence-electron chi connectivity index (χ3n) is 3.71. The van der Waals surface area contributed by atoms with E-state index in [0.717, 1.165) is 24.6 Å². The van der Waals surface area contributed by atoms with Gasteiger partial charge in [0.2, 0.25) is 0 Å². The molecule has 3 heteroatoms. The lowest BCUT2D eigenvalue weighted by molar-refractivity contribution is -0.118. The van der Waals surface area contributed by atoms with Crippen molar-refractivity contribution in [3.63, 3.8) is 0 Å². The Labute approximate surface area is 129 Å². The van der Waals surface area contributed by atoms with Gasteiger partial charge in [0.1, 0.15) is 11.2 Å². The SMILES string of the molecule is CCCCCCCCCCCCCC(=O)C(C)SC#N. The molecular weight excluding hydrogens is 266 g/mol. The number of unbranched alkanes of at least 4 members (excludes halogenated alkanes) is 10. The van der Waals surface area contributed by atoms with Crippen molar-refractivity contribution in [2.45, 2.75) is 96.1 Å². The molecule has 20 heavy (non-hydrogen) atoms. The number of carbonyl (C=O) groups excluding carboxylic acids is 1. The second-order valence-electron chi connectivity index (χ2n) is 5.60. The maximum atomic E-state index is 11.6. The number of thioether (sulfide) groups is 1. The van der Waals surface area contributed by atoms with Gasteiger partial charge in [-0.2, -0.15) is 5.26 Å². The quantitative estimate of drug-likeness (QED) is 0.298. The first-order chi connectivity index (χ1) is 9.72. The molecule has 116 valence electrons. The van der Waals surface area contributed by atoms with Crippen LogP contribution in [0.25, 0.3) is 0 Å². The molecule has 0 radical (unpaired) electrons. The predicted octanol–water partition coefficient (Wildman–Crippen LogP) is 5.86. The van der Waals surface area contributed by atoms with E-state index in [4.69, 9.17) is 5.26 Å². The Hall–Kier alpha value is -0.490. The normalized spacial score (nSPS) is 12.1. The molecule has 0 aliphatic rings. The third-order valence-corrected chi connectivity index (χ3v) is 4.43. The molecule has 2 nitrogen and oxygen atoms in total. The topological polar surface area (TPSA) is 40.9 Å². The fraction of sp³-hybridized carbons (Fsp3) is 0.882. The molecule has 0 N–H and O–H groups in total. The molecule has 0 saturated heterocycles. The summed E-state index contributed by atoms with van der Waals surface area (Å²) in [4.78, 5) is 11.6. The third kappa shape index (κ3) is 12.5. The lowest BCUT2D eigenvalue weighted by atomic mass is 10.0. The van der Waals surface area contributed by atoms with Gasteiger partial charge in [-0.1, -0.05) is 71.1 Å². The van der Waals surface area contributed by atoms with Gasteiger partial charge in [0.25, 0.3) is 0 Å². The summed E-state index contributed by atoms with van der Waals surface area (Å²) < 4.78 is 0. The highest BCUT2D eigenvalue weighted by Gasteiger charge is 2.12. The molecule has 0 heterocycles. The average Bonchev–Trinajstić information content (AvgIpc) is 2.44. The van der Waals surface area contributed by atoms with Crippen molar-refractivity contribution in [3.05, 3.63) is 0 Å².